The lowest BCUT2D eigenvalue weighted by Crippen LogP contribution is -2.44. The average molecular weight is 244 g/mol. The Bertz CT molecular complexity index is 429. The third-order valence-electron chi connectivity index (χ3n) is 2.65. The maximum Gasteiger partial charge on any atom is 0.269 e. The zero-order valence-corrected chi connectivity index (χ0v) is 9.27. The Morgan fingerprint density at radius 3 is 2.71 bits per heavy atom. The van der Waals surface area contributed by atoms with E-state index in [0.717, 1.165) is 30.9 Å². The van der Waals surface area contributed by atoms with Crippen molar-refractivity contribution in [3.05, 3.63) is 22.6 Å². The minimum absolute atomic E-state index is 0.485. The van der Waals surface area contributed by atoms with Gasteiger partial charge in [-0.25, -0.2) is 13.5 Å². The number of aromatic nitrogens is 2. The second kappa shape index (κ2) is 5.22. The van der Waals surface area contributed by atoms with Gasteiger partial charge >= 0.3 is 0 Å². The maximum atomic E-state index is 12.1. The molecule has 0 amide bonds. The third kappa shape index (κ3) is 3.00. The SMILES string of the molecule is O=c1cc(N2CCNCC2)cnn1CC(F)F. The summed E-state index contributed by atoms with van der Waals surface area (Å²) in [5, 5.41) is 6.95. The number of hydrogen-bond donors (Lipinski definition) is 1. The second-order valence-electron chi connectivity index (χ2n) is 3.86. The largest absolute Gasteiger partial charge is 0.368 e. The summed E-state index contributed by atoms with van der Waals surface area (Å²) in [7, 11) is 0. The Kier molecular flexibility index (Phi) is 3.68. The molecule has 0 unspecified atom stereocenters. The summed E-state index contributed by atoms with van der Waals surface area (Å²) < 4.78 is 25.1. The lowest BCUT2D eigenvalue weighted by Gasteiger charge is -2.28. The second-order valence-corrected chi connectivity index (χ2v) is 3.86. The van der Waals surface area contributed by atoms with E-state index in [1.807, 2.05) is 4.90 Å². The van der Waals surface area contributed by atoms with Gasteiger partial charge in [0, 0.05) is 32.2 Å². The molecule has 7 heteroatoms. The Labute approximate surface area is 97.0 Å². The van der Waals surface area contributed by atoms with Crippen molar-refractivity contribution in [3.8, 4) is 0 Å². The third-order valence-corrected chi connectivity index (χ3v) is 2.65. The standard InChI is InChI=1S/C10H14F2N4O/c11-9(12)7-16-10(17)5-8(6-14-16)15-3-1-13-2-4-15/h5-6,9,13H,1-4,7H2. The molecule has 0 spiro atoms. The van der Waals surface area contributed by atoms with Gasteiger partial charge in [-0.1, -0.05) is 0 Å². The molecule has 1 aromatic heterocycles. The van der Waals surface area contributed by atoms with Crippen LogP contribution < -0.4 is 15.8 Å². The molecule has 0 aromatic carbocycles. The van der Waals surface area contributed by atoms with Crippen LogP contribution in [-0.2, 0) is 6.54 Å². The van der Waals surface area contributed by atoms with E-state index in [2.05, 4.69) is 10.4 Å². The van der Waals surface area contributed by atoms with Gasteiger partial charge in [-0.15, -0.1) is 0 Å². The molecule has 17 heavy (non-hydrogen) atoms. The van der Waals surface area contributed by atoms with Crippen molar-refractivity contribution in [2.45, 2.75) is 13.0 Å². The zero-order chi connectivity index (χ0) is 12.3. The van der Waals surface area contributed by atoms with E-state index in [1.165, 1.54) is 12.3 Å². The summed E-state index contributed by atoms with van der Waals surface area (Å²) in [4.78, 5) is 13.6. The number of nitrogens with one attached hydrogen (secondary N) is 1. The molecule has 0 bridgehead atoms. The predicted octanol–water partition coefficient (Wildman–Crippen LogP) is -0.0820. The fourth-order valence-electron chi connectivity index (χ4n) is 1.79. The van der Waals surface area contributed by atoms with Crippen molar-refractivity contribution in [3.63, 3.8) is 0 Å². The topological polar surface area (TPSA) is 50.2 Å². The van der Waals surface area contributed by atoms with Gasteiger partial charge in [0.25, 0.3) is 12.0 Å². The number of hydrogen-bond acceptors (Lipinski definition) is 4. The fraction of sp³-hybridized carbons (Fsp3) is 0.600. The van der Waals surface area contributed by atoms with Crippen LogP contribution in [-0.4, -0.2) is 42.4 Å². The van der Waals surface area contributed by atoms with Gasteiger partial charge in [-0.05, 0) is 0 Å². The molecule has 0 aliphatic carbocycles. The van der Waals surface area contributed by atoms with Crippen LogP contribution in [0.3, 0.4) is 0 Å². The number of rotatable bonds is 3. The van der Waals surface area contributed by atoms with Gasteiger partial charge in [0.2, 0.25) is 0 Å². The van der Waals surface area contributed by atoms with Gasteiger partial charge in [-0.3, -0.25) is 4.79 Å². The van der Waals surface area contributed by atoms with Crippen LogP contribution in [0, 0.1) is 0 Å². The van der Waals surface area contributed by atoms with Crippen molar-refractivity contribution in [1.29, 1.82) is 0 Å². The van der Waals surface area contributed by atoms with Crippen LogP contribution in [0.15, 0.2) is 17.1 Å². The fourth-order valence-corrected chi connectivity index (χ4v) is 1.79. The summed E-state index contributed by atoms with van der Waals surface area (Å²) in [6.07, 6.45) is -1.10. The summed E-state index contributed by atoms with van der Waals surface area (Å²) >= 11 is 0. The molecule has 0 saturated carbocycles. The van der Waals surface area contributed by atoms with Gasteiger partial charge < -0.3 is 10.2 Å². The summed E-state index contributed by atoms with van der Waals surface area (Å²) in [6, 6.07) is 1.36. The Balaban J connectivity index is 2.15. The van der Waals surface area contributed by atoms with Crippen molar-refractivity contribution < 1.29 is 8.78 Å². The van der Waals surface area contributed by atoms with Crippen LogP contribution in [0.1, 0.15) is 0 Å². The lowest BCUT2D eigenvalue weighted by molar-refractivity contribution is 0.119. The van der Waals surface area contributed by atoms with Gasteiger partial charge in [0.15, 0.2) is 0 Å². The summed E-state index contributed by atoms with van der Waals surface area (Å²) in [6.45, 7) is 2.63. The number of nitrogens with zero attached hydrogens (tertiary/aromatic N) is 3. The highest BCUT2D eigenvalue weighted by Crippen LogP contribution is 2.10. The highest BCUT2D eigenvalue weighted by Gasteiger charge is 2.13. The molecule has 0 atom stereocenters. The summed E-state index contributed by atoms with van der Waals surface area (Å²) in [5.74, 6) is 0. The van der Waals surface area contributed by atoms with E-state index in [4.69, 9.17) is 0 Å². The normalized spacial score (nSPS) is 16.5. The smallest absolute Gasteiger partial charge is 0.269 e. The van der Waals surface area contributed by atoms with E-state index in [1.54, 1.807) is 0 Å². The molecular weight excluding hydrogens is 230 g/mol. The number of halogens is 2. The van der Waals surface area contributed by atoms with Gasteiger partial charge in [0.1, 0.15) is 6.54 Å². The molecule has 5 nitrogen and oxygen atoms in total. The zero-order valence-electron chi connectivity index (χ0n) is 9.27. The van der Waals surface area contributed by atoms with Crippen molar-refractivity contribution in [2.24, 2.45) is 0 Å². The molecule has 1 aromatic rings. The van der Waals surface area contributed by atoms with Crippen molar-refractivity contribution in [2.75, 3.05) is 31.1 Å². The van der Waals surface area contributed by atoms with E-state index >= 15 is 0 Å². The summed E-state index contributed by atoms with van der Waals surface area (Å²) in [5.41, 5.74) is 0.211. The van der Waals surface area contributed by atoms with E-state index < -0.39 is 18.5 Å². The quantitative estimate of drug-likeness (QED) is 0.808. The first-order valence-corrected chi connectivity index (χ1v) is 5.48. The van der Waals surface area contributed by atoms with Crippen LogP contribution in [0.2, 0.25) is 0 Å². The van der Waals surface area contributed by atoms with E-state index in [9.17, 15) is 13.6 Å². The molecule has 2 rings (SSSR count). The lowest BCUT2D eigenvalue weighted by atomic mass is 10.3. The maximum absolute atomic E-state index is 12.1. The number of alkyl halides is 2. The molecule has 1 N–H and O–H groups in total. The number of piperazine rings is 1. The predicted molar refractivity (Wildman–Crippen MR) is 59.6 cm³/mol. The van der Waals surface area contributed by atoms with E-state index in [0.29, 0.717) is 5.69 Å². The molecule has 1 aliphatic heterocycles. The van der Waals surface area contributed by atoms with Crippen LogP contribution >= 0.6 is 0 Å². The first kappa shape index (κ1) is 12.0. The molecular formula is C10H14F2N4O. The van der Waals surface area contributed by atoms with Crippen LogP contribution in [0.5, 0.6) is 0 Å². The average Bonchev–Trinajstić information content (AvgIpc) is 2.32. The van der Waals surface area contributed by atoms with Gasteiger partial charge in [0.05, 0.1) is 11.9 Å². The van der Waals surface area contributed by atoms with Gasteiger partial charge in [-0.2, -0.15) is 5.10 Å². The molecule has 2 heterocycles. The molecule has 94 valence electrons. The first-order chi connectivity index (χ1) is 8.16. The minimum atomic E-state index is -2.56. The van der Waals surface area contributed by atoms with E-state index in [-0.39, 0.29) is 0 Å². The molecule has 1 aliphatic rings. The Hall–Kier alpha value is -1.50. The number of anilines is 1. The highest BCUT2D eigenvalue weighted by atomic mass is 19.3. The highest BCUT2D eigenvalue weighted by molar-refractivity contribution is 5.43. The minimum Gasteiger partial charge on any atom is -0.368 e. The van der Waals surface area contributed by atoms with Crippen molar-refractivity contribution in [1.82, 2.24) is 15.1 Å². The monoisotopic (exact) mass is 244 g/mol. The molecule has 0 radical (unpaired) electrons. The first-order valence-electron chi connectivity index (χ1n) is 5.48. The molecule has 1 fully saturated rings. The van der Waals surface area contributed by atoms with Crippen molar-refractivity contribution >= 4 is 5.69 Å². The van der Waals surface area contributed by atoms with Crippen LogP contribution in [0.4, 0.5) is 14.5 Å². The Morgan fingerprint density at radius 1 is 1.41 bits per heavy atom. The molecule has 1 saturated heterocycles. The van der Waals surface area contributed by atoms with Crippen LogP contribution in [0.25, 0.3) is 0 Å². The Morgan fingerprint density at radius 2 is 2.12 bits per heavy atom.